The van der Waals surface area contributed by atoms with E-state index in [1.165, 1.54) is 13.3 Å². The smallest absolute Gasteiger partial charge is 0.254 e. The van der Waals surface area contributed by atoms with Crippen LogP contribution in [0.15, 0.2) is 24.4 Å². The molecule has 31 heavy (non-hydrogen) atoms. The molecule has 0 radical (unpaired) electrons. The molecule has 0 spiro atoms. The summed E-state index contributed by atoms with van der Waals surface area (Å²) >= 11 is 0. The number of ether oxygens (including phenoxy) is 1. The van der Waals surface area contributed by atoms with Gasteiger partial charge in [-0.25, -0.2) is 4.98 Å². The van der Waals surface area contributed by atoms with E-state index in [4.69, 9.17) is 15.7 Å². The minimum absolute atomic E-state index is 0.00302. The molecule has 0 bridgehead atoms. The quantitative estimate of drug-likeness (QED) is 0.727. The maximum atomic E-state index is 13.1. The van der Waals surface area contributed by atoms with Crippen LogP contribution in [0.25, 0.3) is 0 Å². The van der Waals surface area contributed by atoms with Gasteiger partial charge < -0.3 is 20.7 Å². The number of benzene rings is 1. The minimum atomic E-state index is -0.412. The number of rotatable bonds is 6. The number of hydrogen-bond acceptors (Lipinski definition) is 7. The van der Waals surface area contributed by atoms with Crippen molar-refractivity contribution >= 4 is 17.8 Å². The summed E-state index contributed by atoms with van der Waals surface area (Å²) in [5.41, 5.74) is 7.97. The van der Waals surface area contributed by atoms with E-state index < -0.39 is 5.91 Å². The maximum absolute atomic E-state index is 13.1. The highest BCUT2D eigenvalue weighted by atomic mass is 16.5. The molecule has 0 unspecified atom stereocenters. The van der Waals surface area contributed by atoms with Crippen LogP contribution in [0.4, 0.5) is 5.95 Å². The average Bonchev–Trinajstić information content (AvgIpc) is 3.09. The van der Waals surface area contributed by atoms with Crippen LogP contribution in [0.5, 0.6) is 5.88 Å². The van der Waals surface area contributed by atoms with Crippen LogP contribution in [-0.2, 0) is 17.8 Å². The fourth-order valence-corrected chi connectivity index (χ4v) is 4.41. The summed E-state index contributed by atoms with van der Waals surface area (Å²) in [6, 6.07) is 7.78. The maximum Gasteiger partial charge on any atom is 0.254 e. The first-order chi connectivity index (χ1) is 15.0. The molecule has 0 saturated heterocycles. The number of fused-ring (bicyclic) bond motifs is 1. The summed E-state index contributed by atoms with van der Waals surface area (Å²) in [4.78, 5) is 34.7. The normalized spacial score (nSPS) is 20.1. The van der Waals surface area contributed by atoms with Crippen molar-refractivity contribution in [1.82, 2.24) is 14.9 Å². The van der Waals surface area contributed by atoms with Gasteiger partial charge in [0.25, 0.3) is 5.91 Å². The molecule has 1 aliphatic heterocycles. The molecule has 2 aliphatic rings. The van der Waals surface area contributed by atoms with E-state index in [0.717, 1.165) is 36.8 Å². The Morgan fingerprint density at radius 1 is 1.42 bits per heavy atom. The number of nitrogens with zero attached hydrogens (tertiary/aromatic N) is 4. The number of carbonyl (C=O) groups excluding carboxylic acids is 2. The molecule has 9 nitrogen and oxygen atoms in total. The molecule has 4 rings (SSSR count). The van der Waals surface area contributed by atoms with Gasteiger partial charge in [0, 0.05) is 24.2 Å². The zero-order chi connectivity index (χ0) is 22.0. The first-order valence-corrected chi connectivity index (χ1v) is 10.3. The highest BCUT2D eigenvalue weighted by molar-refractivity contribution is 5.99. The number of hydrogen-bond donors (Lipinski definition) is 2. The summed E-state index contributed by atoms with van der Waals surface area (Å²) in [6.07, 6.45) is 5.20. The Morgan fingerprint density at radius 2 is 2.26 bits per heavy atom. The van der Waals surface area contributed by atoms with E-state index in [1.54, 1.807) is 6.07 Å². The second-order valence-electron chi connectivity index (χ2n) is 7.96. The van der Waals surface area contributed by atoms with Gasteiger partial charge in [0.05, 0.1) is 19.7 Å². The molecule has 160 valence electrons. The van der Waals surface area contributed by atoms with E-state index in [9.17, 15) is 9.59 Å². The third kappa shape index (κ3) is 4.28. The number of carbonyl (C=O) groups is 2. The molecule has 2 aromatic rings. The lowest BCUT2D eigenvalue weighted by Gasteiger charge is -2.35. The molecule has 1 saturated carbocycles. The molecule has 1 aromatic heterocycles. The van der Waals surface area contributed by atoms with Crippen LogP contribution in [0.1, 0.15) is 52.7 Å². The van der Waals surface area contributed by atoms with Crippen LogP contribution in [0.3, 0.4) is 0 Å². The zero-order valence-electron chi connectivity index (χ0n) is 17.3. The number of nitrogens with two attached hydrogens (primary N) is 1. The van der Waals surface area contributed by atoms with Crippen molar-refractivity contribution < 1.29 is 14.3 Å². The number of amides is 2. The Balaban J connectivity index is 1.45. The topological polar surface area (TPSA) is 134 Å². The van der Waals surface area contributed by atoms with Gasteiger partial charge in [-0.3, -0.25) is 9.59 Å². The first kappa shape index (κ1) is 20.6. The Morgan fingerprint density at radius 3 is 3.00 bits per heavy atom. The Labute approximate surface area is 180 Å². The first-order valence-electron chi connectivity index (χ1n) is 10.3. The standard InChI is InChI=1S/C22H24N6O3/c1-31-20-15(10-23)11-25-22(27-20)26-16-3-2-4-17(9-16)28-12-14-6-5-13(8-19(24)29)7-18(14)21(28)30/h5-7,11,16-17H,2-4,8-9,12H2,1H3,(H2,24,29)(H,25,26,27)/t16-,17+/m1/s1. The van der Waals surface area contributed by atoms with Gasteiger partial charge in [-0.05, 0) is 42.9 Å². The summed E-state index contributed by atoms with van der Waals surface area (Å²) in [5.74, 6) is 0.242. The van der Waals surface area contributed by atoms with E-state index in [-0.39, 0.29) is 35.9 Å². The van der Waals surface area contributed by atoms with Crippen LogP contribution in [0.2, 0.25) is 0 Å². The second kappa shape index (κ2) is 8.60. The van der Waals surface area contributed by atoms with Crippen molar-refractivity contribution in [2.24, 2.45) is 5.73 Å². The summed E-state index contributed by atoms with van der Waals surface area (Å²) in [7, 11) is 1.47. The van der Waals surface area contributed by atoms with Gasteiger partial charge in [-0.1, -0.05) is 12.1 Å². The fourth-order valence-electron chi connectivity index (χ4n) is 4.41. The van der Waals surface area contributed by atoms with Crippen LogP contribution in [0, 0.1) is 11.3 Å². The van der Waals surface area contributed by atoms with Gasteiger partial charge in [-0.15, -0.1) is 0 Å². The highest BCUT2D eigenvalue weighted by Gasteiger charge is 2.35. The van der Waals surface area contributed by atoms with Gasteiger partial charge in [0.15, 0.2) is 0 Å². The van der Waals surface area contributed by atoms with Crippen molar-refractivity contribution in [3.63, 3.8) is 0 Å². The predicted molar refractivity (Wildman–Crippen MR) is 112 cm³/mol. The van der Waals surface area contributed by atoms with Crippen molar-refractivity contribution in [2.75, 3.05) is 12.4 Å². The summed E-state index contributed by atoms with van der Waals surface area (Å²) in [5, 5.41) is 12.4. The van der Waals surface area contributed by atoms with Crippen LogP contribution >= 0.6 is 0 Å². The number of anilines is 1. The van der Waals surface area contributed by atoms with Gasteiger partial charge in [0.1, 0.15) is 11.6 Å². The van der Waals surface area contributed by atoms with E-state index in [2.05, 4.69) is 15.3 Å². The average molecular weight is 420 g/mol. The van der Waals surface area contributed by atoms with Crippen LogP contribution < -0.4 is 15.8 Å². The lowest BCUT2D eigenvalue weighted by molar-refractivity contribution is -0.117. The van der Waals surface area contributed by atoms with E-state index in [0.29, 0.717) is 18.1 Å². The third-order valence-corrected chi connectivity index (χ3v) is 5.87. The van der Waals surface area contributed by atoms with E-state index in [1.807, 2.05) is 23.1 Å². The number of primary amides is 1. The number of methoxy groups -OCH3 is 1. The van der Waals surface area contributed by atoms with Crippen molar-refractivity contribution in [3.8, 4) is 11.9 Å². The van der Waals surface area contributed by atoms with E-state index >= 15 is 0 Å². The Hall–Kier alpha value is -3.67. The Bertz CT molecular complexity index is 1060. The zero-order valence-corrected chi connectivity index (χ0v) is 17.3. The summed E-state index contributed by atoms with van der Waals surface area (Å²) in [6.45, 7) is 0.573. The Kier molecular flexibility index (Phi) is 5.71. The number of nitrogens with one attached hydrogen (secondary N) is 1. The van der Waals surface area contributed by atoms with Crippen LogP contribution in [-0.4, -0.2) is 45.9 Å². The summed E-state index contributed by atoms with van der Waals surface area (Å²) < 4.78 is 5.16. The molecule has 9 heteroatoms. The monoisotopic (exact) mass is 420 g/mol. The molecule has 2 amide bonds. The number of aromatic nitrogens is 2. The molecule has 2 heterocycles. The molecule has 1 fully saturated rings. The molecule has 3 N–H and O–H groups in total. The van der Waals surface area contributed by atoms with Crippen molar-refractivity contribution in [2.45, 2.75) is 50.7 Å². The highest BCUT2D eigenvalue weighted by Crippen LogP contribution is 2.32. The molecular weight excluding hydrogens is 396 g/mol. The molecular formula is C22H24N6O3. The number of nitriles is 1. The lowest BCUT2D eigenvalue weighted by atomic mass is 9.90. The van der Waals surface area contributed by atoms with Gasteiger partial charge >= 0.3 is 0 Å². The lowest BCUT2D eigenvalue weighted by Crippen LogP contribution is -2.42. The minimum Gasteiger partial charge on any atom is -0.480 e. The van der Waals surface area contributed by atoms with Crippen molar-refractivity contribution in [1.29, 1.82) is 5.26 Å². The molecule has 1 aliphatic carbocycles. The second-order valence-corrected chi connectivity index (χ2v) is 7.96. The van der Waals surface area contributed by atoms with Gasteiger partial charge in [-0.2, -0.15) is 10.2 Å². The molecule has 1 aromatic carbocycles. The largest absolute Gasteiger partial charge is 0.480 e. The SMILES string of the molecule is COc1nc(N[C@@H]2CCC[C@H](N3Cc4ccc(CC(N)=O)cc4C3=O)C2)ncc1C#N. The van der Waals surface area contributed by atoms with Gasteiger partial charge in [0.2, 0.25) is 17.7 Å². The third-order valence-electron chi connectivity index (χ3n) is 5.87. The fraction of sp³-hybridized carbons (Fsp3) is 0.409. The predicted octanol–water partition coefficient (Wildman–Crippen LogP) is 1.76. The van der Waals surface area contributed by atoms with Crippen molar-refractivity contribution in [3.05, 3.63) is 46.6 Å². The molecule has 2 atom stereocenters.